The lowest BCUT2D eigenvalue weighted by Crippen LogP contribution is -2.19. The number of aliphatic imine (C=N–C) groups is 1. The number of hydrogen-bond acceptors (Lipinski definition) is 5. The molecule has 5 nitrogen and oxygen atoms in total. The van der Waals surface area contributed by atoms with Crippen molar-refractivity contribution in [2.24, 2.45) is 4.99 Å². The molecule has 4 rings (SSSR count). The van der Waals surface area contributed by atoms with E-state index < -0.39 is 0 Å². The number of carbonyl (C=O) groups excluding carboxylic acids is 1. The molecule has 0 bridgehead atoms. The van der Waals surface area contributed by atoms with Crippen LogP contribution in [0.3, 0.4) is 0 Å². The van der Waals surface area contributed by atoms with Gasteiger partial charge in [0.2, 0.25) is 0 Å². The minimum absolute atomic E-state index is 0.209. The summed E-state index contributed by atoms with van der Waals surface area (Å²) in [5.74, 6) is 0.546. The van der Waals surface area contributed by atoms with Gasteiger partial charge in [0.25, 0.3) is 5.91 Å². The second kappa shape index (κ2) is 10.6. The molecule has 0 atom stereocenters. The highest BCUT2D eigenvalue weighted by Crippen LogP contribution is 2.33. The normalized spacial score (nSPS) is 15.7. The van der Waals surface area contributed by atoms with Gasteiger partial charge in [-0.25, -0.2) is 9.38 Å². The first-order chi connectivity index (χ1) is 16.0. The Morgan fingerprint density at radius 1 is 1.06 bits per heavy atom. The molecule has 0 saturated carbocycles. The maximum absolute atomic E-state index is 13.4. The van der Waals surface area contributed by atoms with Crippen molar-refractivity contribution < 1.29 is 18.7 Å². The molecule has 1 aliphatic rings. The fraction of sp³-hybridized carbons (Fsp3) is 0.120. The molecule has 0 aliphatic carbocycles. The fourth-order valence-corrected chi connectivity index (χ4v) is 4.02. The fourth-order valence-electron chi connectivity index (χ4n) is 3.05. The smallest absolute Gasteiger partial charge is 0.264 e. The van der Waals surface area contributed by atoms with Gasteiger partial charge in [-0.3, -0.25) is 4.79 Å². The van der Waals surface area contributed by atoms with Crippen molar-refractivity contribution in [1.29, 1.82) is 0 Å². The van der Waals surface area contributed by atoms with Gasteiger partial charge >= 0.3 is 0 Å². The number of benzene rings is 3. The third kappa shape index (κ3) is 6.15. The molecule has 1 amide bonds. The van der Waals surface area contributed by atoms with Crippen LogP contribution in [0.2, 0.25) is 5.02 Å². The average molecular weight is 483 g/mol. The van der Waals surface area contributed by atoms with Crippen LogP contribution in [0.25, 0.3) is 6.08 Å². The first-order valence-corrected chi connectivity index (χ1v) is 11.4. The first kappa shape index (κ1) is 22.9. The van der Waals surface area contributed by atoms with Gasteiger partial charge < -0.3 is 14.8 Å². The van der Waals surface area contributed by atoms with Crippen LogP contribution in [0, 0.1) is 5.82 Å². The monoisotopic (exact) mass is 482 g/mol. The number of amides is 1. The van der Waals surface area contributed by atoms with Gasteiger partial charge in [-0.1, -0.05) is 29.8 Å². The lowest BCUT2D eigenvalue weighted by atomic mass is 10.2. The Balaban J connectivity index is 1.50. The molecule has 168 valence electrons. The molecule has 3 aromatic carbocycles. The van der Waals surface area contributed by atoms with Crippen molar-refractivity contribution in [3.05, 3.63) is 93.6 Å². The number of ether oxygens (including phenoxy) is 2. The van der Waals surface area contributed by atoms with Crippen molar-refractivity contribution >= 4 is 46.2 Å². The average Bonchev–Trinajstić information content (AvgIpc) is 3.13. The highest BCUT2D eigenvalue weighted by atomic mass is 35.5. The van der Waals surface area contributed by atoms with Crippen molar-refractivity contribution in [2.75, 3.05) is 6.61 Å². The predicted octanol–water partition coefficient (Wildman–Crippen LogP) is 6.35. The molecule has 0 aromatic heterocycles. The van der Waals surface area contributed by atoms with Crippen molar-refractivity contribution in [1.82, 2.24) is 5.32 Å². The minimum atomic E-state index is -0.311. The summed E-state index contributed by atoms with van der Waals surface area (Å²) in [5, 5.41) is 3.88. The summed E-state index contributed by atoms with van der Waals surface area (Å²) in [6.07, 6.45) is 1.77. The van der Waals surface area contributed by atoms with E-state index in [0.717, 1.165) is 11.1 Å². The van der Waals surface area contributed by atoms with E-state index in [-0.39, 0.29) is 18.3 Å². The van der Waals surface area contributed by atoms with Crippen molar-refractivity contribution in [2.45, 2.75) is 13.5 Å². The molecule has 1 aliphatic heterocycles. The maximum atomic E-state index is 13.4. The third-order valence-electron chi connectivity index (χ3n) is 4.56. The van der Waals surface area contributed by atoms with Gasteiger partial charge in [0.05, 0.1) is 17.2 Å². The first-order valence-electron chi connectivity index (χ1n) is 10.2. The van der Waals surface area contributed by atoms with E-state index in [1.165, 1.54) is 23.9 Å². The standard InChI is InChI=1S/C25H20ClFN2O3S/c1-2-31-22-13-16(6-11-21(22)32-15-17-4-3-5-19(27)12-17)14-23-24(30)29-25(33-23)28-20-9-7-18(26)8-10-20/h3-14H,2,15H2,1H3,(H,28,29,30)/b23-14-. The third-order valence-corrected chi connectivity index (χ3v) is 5.72. The van der Waals surface area contributed by atoms with E-state index in [9.17, 15) is 9.18 Å². The number of rotatable bonds is 7. The Bertz CT molecular complexity index is 1230. The molecule has 1 saturated heterocycles. The second-order valence-corrected chi connectivity index (χ2v) is 8.48. The van der Waals surface area contributed by atoms with Crippen LogP contribution in [0.5, 0.6) is 11.5 Å². The van der Waals surface area contributed by atoms with Gasteiger partial charge in [-0.05, 0) is 84.4 Å². The van der Waals surface area contributed by atoms with E-state index in [4.69, 9.17) is 21.1 Å². The zero-order valence-electron chi connectivity index (χ0n) is 17.7. The number of carbonyl (C=O) groups is 1. The Hall–Kier alpha value is -3.29. The summed E-state index contributed by atoms with van der Waals surface area (Å²) in [5.41, 5.74) is 2.19. The Kier molecular flexibility index (Phi) is 7.32. The topological polar surface area (TPSA) is 59.9 Å². The van der Waals surface area contributed by atoms with Crippen molar-refractivity contribution in [3.8, 4) is 11.5 Å². The number of amidine groups is 1. The predicted molar refractivity (Wildman–Crippen MR) is 131 cm³/mol. The molecule has 0 unspecified atom stereocenters. The van der Waals surface area contributed by atoms with Gasteiger partial charge in [0.15, 0.2) is 16.7 Å². The molecule has 0 spiro atoms. The number of halogens is 2. The quantitative estimate of drug-likeness (QED) is 0.399. The SMILES string of the molecule is CCOc1cc(/C=C2\SC(=Nc3ccc(Cl)cc3)NC2=O)ccc1OCc1cccc(F)c1. The molecule has 1 heterocycles. The molecular weight excluding hydrogens is 463 g/mol. The van der Waals surface area contributed by atoms with Gasteiger partial charge in [0, 0.05) is 5.02 Å². The molecule has 8 heteroatoms. The van der Waals surface area contributed by atoms with Crippen molar-refractivity contribution in [3.63, 3.8) is 0 Å². The number of nitrogens with zero attached hydrogens (tertiary/aromatic N) is 1. The van der Waals surface area contributed by atoms with E-state index >= 15 is 0 Å². The second-order valence-electron chi connectivity index (χ2n) is 7.02. The molecular formula is C25H20ClFN2O3S. The maximum Gasteiger partial charge on any atom is 0.264 e. The number of thioether (sulfide) groups is 1. The largest absolute Gasteiger partial charge is 0.490 e. The minimum Gasteiger partial charge on any atom is -0.490 e. The van der Waals surface area contributed by atoms with E-state index in [0.29, 0.717) is 38.9 Å². The molecule has 3 aromatic rings. The highest BCUT2D eigenvalue weighted by Gasteiger charge is 2.24. The lowest BCUT2D eigenvalue weighted by Gasteiger charge is -2.13. The number of nitrogens with one attached hydrogen (secondary N) is 1. The highest BCUT2D eigenvalue weighted by molar-refractivity contribution is 8.18. The summed E-state index contributed by atoms with van der Waals surface area (Å²) in [7, 11) is 0. The Labute approximate surface area is 200 Å². The van der Waals surface area contributed by atoms with E-state index in [2.05, 4.69) is 10.3 Å². The van der Waals surface area contributed by atoms with Crippen LogP contribution < -0.4 is 14.8 Å². The molecule has 0 radical (unpaired) electrons. The molecule has 1 fully saturated rings. The molecule has 33 heavy (non-hydrogen) atoms. The summed E-state index contributed by atoms with van der Waals surface area (Å²) >= 11 is 7.16. The summed E-state index contributed by atoms with van der Waals surface area (Å²) in [4.78, 5) is 17.4. The lowest BCUT2D eigenvalue weighted by molar-refractivity contribution is -0.115. The Morgan fingerprint density at radius 3 is 2.64 bits per heavy atom. The summed E-state index contributed by atoms with van der Waals surface area (Å²) in [6.45, 7) is 2.53. The van der Waals surface area contributed by atoms with Crippen LogP contribution in [0.4, 0.5) is 10.1 Å². The zero-order chi connectivity index (χ0) is 23.2. The Morgan fingerprint density at radius 2 is 1.88 bits per heavy atom. The summed E-state index contributed by atoms with van der Waals surface area (Å²) < 4.78 is 25.0. The van der Waals surface area contributed by atoms with Gasteiger partial charge in [-0.15, -0.1) is 0 Å². The summed E-state index contributed by atoms with van der Waals surface area (Å²) in [6, 6.07) is 18.7. The zero-order valence-corrected chi connectivity index (χ0v) is 19.3. The van der Waals surface area contributed by atoms with Gasteiger partial charge in [-0.2, -0.15) is 0 Å². The van der Waals surface area contributed by atoms with Crippen LogP contribution in [0.1, 0.15) is 18.1 Å². The molecule has 1 N–H and O–H groups in total. The van der Waals surface area contributed by atoms with Crippen LogP contribution in [0.15, 0.2) is 76.6 Å². The van der Waals surface area contributed by atoms with E-state index in [1.807, 2.05) is 13.0 Å². The van der Waals surface area contributed by atoms with Gasteiger partial charge in [0.1, 0.15) is 12.4 Å². The van der Waals surface area contributed by atoms with Crippen LogP contribution in [-0.4, -0.2) is 17.7 Å². The van der Waals surface area contributed by atoms with Crippen LogP contribution in [-0.2, 0) is 11.4 Å². The number of hydrogen-bond donors (Lipinski definition) is 1. The van der Waals surface area contributed by atoms with Crippen LogP contribution >= 0.6 is 23.4 Å². The van der Waals surface area contributed by atoms with E-state index in [1.54, 1.807) is 54.6 Å².